The van der Waals surface area contributed by atoms with Crippen LogP contribution in [0.2, 0.25) is 0 Å². The van der Waals surface area contributed by atoms with E-state index in [2.05, 4.69) is 21.2 Å². The van der Waals surface area contributed by atoms with Crippen molar-refractivity contribution in [3.63, 3.8) is 0 Å². The highest BCUT2D eigenvalue weighted by atomic mass is 79.9. The first kappa shape index (κ1) is 16.9. The van der Waals surface area contributed by atoms with Gasteiger partial charge in [-0.3, -0.25) is 4.79 Å². The quantitative estimate of drug-likeness (QED) is 0.613. The molecule has 0 aromatic heterocycles. The number of amides is 1. The Hall–Kier alpha value is -2.92. The van der Waals surface area contributed by atoms with Crippen LogP contribution >= 0.6 is 15.9 Å². The summed E-state index contributed by atoms with van der Waals surface area (Å²) in [7, 11) is 0. The number of halogens is 1. The smallest absolute Gasteiger partial charge is 0.328 e. The lowest BCUT2D eigenvalue weighted by molar-refractivity contribution is -0.131. The Bertz CT molecular complexity index is 995. The van der Waals surface area contributed by atoms with E-state index in [1.165, 1.54) is 6.08 Å². The van der Waals surface area contributed by atoms with Gasteiger partial charge in [0.05, 0.1) is 0 Å². The van der Waals surface area contributed by atoms with E-state index in [1.54, 1.807) is 30.3 Å². The van der Waals surface area contributed by atoms with Gasteiger partial charge in [-0.1, -0.05) is 52.3 Å². The molecule has 0 unspecified atom stereocenters. The lowest BCUT2D eigenvalue weighted by Gasteiger charge is -2.09. The van der Waals surface area contributed by atoms with Crippen molar-refractivity contribution in [1.29, 1.82) is 0 Å². The van der Waals surface area contributed by atoms with Crippen LogP contribution in [0.1, 0.15) is 15.9 Å². The van der Waals surface area contributed by atoms with E-state index in [1.807, 2.05) is 30.3 Å². The van der Waals surface area contributed by atoms with E-state index in [4.69, 9.17) is 5.11 Å². The minimum absolute atomic E-state index is 0.225. The molecular formula is C20H14BrNO3. The topological polar surface area (TPSA) is 66.4 Å². The number of rotatable bonds is 4. The minimum atomic E-state index is -1.02. The highest BCUT2D eigenvalue weighted by Gasteiger charge is 2.11. The second-order valence-electron chi connectivity index (χ2n) is 5.43. The second kappa shape index (κ2) is 7.32. The molecule has 3 rings (SSSR count). The number of carbonyl (C=O) groups excluding carboxylic acids is 1. The van der Waals surface area contributed by atoms with Gasteiger partial charge in [-0.2, -0.15) is 0 Å². The van der Waals surface area contributed by atoms with Gasteiger partial charge in [-0.15, -0.1) is 0 Å². The average Bonchev–Trinajstić information content (AvgIpc) is 2.59. The molecule has 0 saturated carbocycles. The molecule has 0 saturated heterocycles. The third-order valence-corrected chi connectivity index (χ3v) is 4.09. The lowest BCUT2D eigenvalue weighted by Crippen LogP contribution is -2.12. The number of hydrogen-bond donors (Lipinski definition) is 2. The zero-order valence-electron chi connectivity index (χ0n) is 13.1. The molecule has 0 radical (unpaired) electrons. The van der Waals surface area contributed by atoms with Crippen molar-refractivity contribution in [2.75, 3.05) is 5.32 Å². The summed E-state index contributed by atoms with van der Waals surface area (Å²) < 4.78 is 0.828. The highest BCUT2D eigenvalue weighted by Crippen LogP contribution is 2.25. The van der Waals surface area contributed by atoms with Gasteiger partial charge in [0.15, 0.2) is 0 Å². The van der Waals surface area contributed by atoms with Crippen LogP contribution in [0.25, 0.3) is 16.8 Å². The van der Waals surface area contributed by atoms with Gasteiger partial charge in [0.2, 0.25) is 0 Å². The van der Waals surface area contributed by atoms with E-state index in [9.17, 15) is 9.59 Å². The maximum atomic E-state index is 12.7. The van der Waals surface area contributed by atoms with Crippen molar-refractivity contribution in [2.24, 2.45) is 0 Å². The van der Waals surface area contributed by atoms with Crippen LogP contribution in [-0.4, -0.2) is 17.0 Å². The summed E-state index contributed by atoms with van der Waals surface area (Å²) in [5.74, 6) is -1.24. The standard InChI is InChI=1S/C20H14BrNO3/c21-15-11-14-5-1-2-7-17(14)18(12-15)20(25)22-16-6-3-4-13(10-16)8-9-19(23)24/h1-12H,(H,22,25)(H,23,24)/b9-8+. The molecule has 0 aliphatic heterocycles. The van der Waals surface area contributed by atoms with Crippen molar-refractivity contribution in [3.8, 4) is 0 Å². The van der Waals surface area contributed by atoms with Gasteiger partial charge in [0.1, 0.15) is 0 Å². The van der Waals surface area contributed by atoms with Crippen molar-refractivity contribution in [3.05, 3.63) is 82.3 Å². The van der Waals surface area contributed by atoms with Crippen molar-refractivity contribution in [2.45, 2.75) is 0 Å². The number of aliphatic carboxylic acids is 1. The first-order valence-electron chi connectivity index (χ1n) is 7.53. The van der Waals surface area contributed by atoms with Crippen LogP contribution in [0.5, 0.6) is 0 Å². The van der Waals surface area contributed by atoms with E-state index >= 15 is 0 Å². The number of carboxylic acid groups (broad SMARTS) is 1. The van der Waals surface area contributed by atoms with E-state index in [0.717, 1.165) is 21.3 Å². The molecule has 25 heavy (non-hydrogen) atoms. The van der Waals surface area contributed by atoms with E-state index in [-0.39, 0.29) is 5.91 Å². The zero-order valence-corrected chi connectivity index (χ0v) is 14.7. The molecule has 1 amide bonds. The Kier molecular flexibility index (Phi) is 4.95. The van der Waals surface area contributed by atoms with Gasteiger partial charge in [-0.25, -0.2) is 4.79 Å². The molecule has 0 heterocycles. The summed E-state index contributed by atoms with van der Waals surface area (Å²) in [4.78, 5) is 23.3. The van der Waals surface area contributed by atoms with Gasteiger partial charge in [0.25, 0.3) is 5.91 Å². The van der Waals surface area contributed by atoms with Gasteiger partial charge < -0.3 is 10.4 Å². The third-order valence-electron chi connectivity index (χ3n) is 3.63. The minimum Gasteiger partial charge on any atom is -0.478 e. The average molecular weight is 396 g/mol. The number of carboxylic acids is 1. The number of carbonyl (C=O) groups is 2. The van der Waals surface area contributed by atoms with Crippen LogP contribution in [0.4, 0.5) is 5.69 Å². The number of anilines is 1. The lowest BCUT2D eigenvalue weighted by atomic mass is 10.0. The predicted molar refractivity (Wildman–Crippen MR) is 103 cm³/mol. The molecule has 0 bridgehead atoms. The maximum Gasteiger partial charge on any atom is 0.328 e. The molecule has 5 heteroatoms. The predicted octanol–water partition coefficient (Wildman–Crippen LogP) is 4.95. The van der Waals surface area contributed by atoms with Gasteiger partial charge in [-0.05, 0) is 46.7 Å². The van der Waals surface area contributed by atoms with Crippen LogP contribution in [0.15, 0.2) is 71.2 Å². The van der Waals surface area contributed by atoms with Gasteiger partial charge >= 0.3 is 5.97 Å². The van der Waals surface area contributed by atoms with Crippen LogP contribution in [0.3, 0.4) is 0 Å². The molecule has 0 aliphatic rings. The molecule has 4 nitrogen and oxygen atoms in total. The summed E-state index contributed by atoms with van der Waals surface area (Å²) in [6, 6.07) is 18.4. The first-order chi connectivity index (χ1) is 12.0. The first-order valence-corrected chi connectivity index (χ1v) is 8.33. The van der Waals surface area contributed by atoms with Crippen LogP contribution < -0.4 is 5.32 Å². The normalized spacial score (nSPS) is 10.9. The molecule has 124 valence electrons. The fourth-order valence-electron chi connectivity index (χ4n) is 2.55. The molecule has 2 N–H and O–H groups in total. The van der Waals surface area contributed by atoms with E-state index in [0.29, 0.717) is 16.8 Å². The number of benzene rings is 3. The third kappa shape index (κ3) is 4.14. The SMILES string of the molecule is O=C(O)/C=C/c1cccc(NC(=O)c2cc(Br)cc3ccccc23)c1. The molecule has 0 aliphatic carbocycles. The fourth-order valence-corrected chi connectivity index (χ4v) is 3.02. The van der Waals surface area contributed by atoms with Gasteiger partial charge in [0, 0.05) is 21.8 Å². The van der Waals surface area contributed by atoms with Crippen molar-refractivity contribution < 1.29 is 14.7 Å². The number of fused-ring (bicyclic) bond motifs is 1. The molecule has 0 atom stereocenters. The Morgan fingerprint density at radius 2 is 1.80 bits per heavy atom. The Labute approximate surface area is 152 Å². The summed E-state index contributed by atoms with van der Waals surface area (Å²) in [5, 5.41) is 13.4. The summed E-state index contributed by atoms with van der Waals surface area (Å²) in [6.45, 7) is 0. The number of hydrogen-bond acceptors (Lipinski definition) is 2. The second-order valence-corrected chi connectivity index (χ2v) is 6.34. The Morgan fingerprint density at radius 1 is 1.00 bits per heavy atom. The van der Waals surface area contributed by atoms with Crippen LogP contribution in [0, 0.1) is 0 Å². The Balaban J connectivity index is 1.91. The van der Waals surface area contributed by atoms with Crippen molar-refractivity contribution >= 4 is 50.3 Å². The maximum absolute atomic E-state index is 12.7. The fraction of sp³-hybridized carbons (Fsp3) is 0. The number of nitrogens with one attached hydrogen (secondary N) is 1. The molecule has 0 fully saturated rings. The monoisotopic (exact) mass is 395 g/mol. The van der Waals surface area contributed by atoms with E-state index < -0.39 is 5.97 Å². The molecular weight excluding hydrogens is 382 g/mol. The highest BCUT2D eigenvalue weighted by molar-refractivity contribution is 9.10. The van der Waals surface area contributed by atoms with Crippen molar-refractivity contribution in [1.82, 2.24) is 0 Å². The van der Waals surface area contributed by atoms with Crippen LogP contribution in [-0.2, 0) is 4.79 Å². The summed E-state index contributed by atoms with van der Waals surface area (Å²) in [6.07, 6.45) is 2.54. The largest absolute Gasteiger partial charge is 0.478 e. The zero-order chi connectivity index (χ0) is 17.8. The molecule has 0 spiro atoms. The summed E-state index contributed by atoms with van der Waals surface area (Å²) in [5.41, 5.74) is 1.86. The molecule has 3 aromatic rings. The molecule has 3 aromatic carbocycles. The summed E-state index contributed by atoms with van der Waals surface area (Å²) >= 11 is 3.44. The Morgan fingerprint density at radius 3 is 2.60 bits per heavy atom.